The molecule has 5 nitrogen and oxygen atoms in total. The van der Waals surface area contributed by atoms with Gasteiger partial charge in [-0.25, -0.2) is 0 Å². The molecule has 0 N–H and O–H groups in total. The van der Waals surface area contributed by atoms with Gasteiger partial charge in [-0.3, -0.25) is 4.79 Å². The Hall–Kier alpha value is -0.939. The molecule has 0 bridgehead atoms. The van der Waals surface area contributed by atoms with Crippen molar-refractivity contribution in [2.45, 2.75) is 136 Å². The summed E-state index contributed by atoms with van der Waals surface area (Å²) in [5.41, 5.74) is 1.34. The highest BCUT2D eigenvalue weighted by Gasteiger charge is 2.38. The first-order chi connectivity index (χ1) is 17.5. The van der Waals surface area contributed by atoms with Crippen molar-refractivity contribution in [1.29, 1.82) is 0 Å². The first-order valence-corrected chi connectivity index (χ1v) is 24.9. The van der Waals surface area contributed by atoms with E-state index in [1.807, 2.05) is 0 Å². The summed E-state index contributed by atoms with van der Waals surface area (Å²) in [6, 6.07) is 0. The number of ether oxygens (including phenoxy) is 1. The third kappa shape index (κ3) is 15.6. The molecule has 0 aromatic heterocycles. The standard InChI is InChI=1S/C30H58O5Si3/c1-12-13-16-19-25(33-36(3,4)5)22-23-27-26(20-17-14-15-18-21-30(31)32-2)28(34-37(6,7)8)24-29(27)35-38(9,10)11/h14,17,22-23,25,27,29H,12-13,15-16,18-21,24H2,1-11H3/b17-14-,23-22+/t25-,27+,29+/m0/s1. The molecule has 0 saturated heterocycles. The van der Waals surface area contributed by atoms with Crippen LogP contribution in [0, 0.1) is 5.92 Å². The van der Waals surface area contributed by atoms with E-state index >= 15 is 0 Å². The van der Waals surface area contributed by atoms with Gasteiger partial charge in [0.05, 0.1) is 25.1 Å². The van der Waals surface area contributed by atoms with Crippen LogP contribution in [0.25, 0.3) is 0 Å². The minimum Gasteiger partial charge on any atom is -0.547 e. The number of methoxy groups -OCH3 is 1. The number of esters is 1. The van der Waals surface area contributed by atoms with Crippen molar-refractivity contribution in [3.63, 3.8) is 0 Å². The number of hydrogen-bond donors (Lipinski definition) is 0. The van der Waals surface area contributed by atoms with Crippen LogP contribution in [0.1, 0.15) is 64.7 Å². The molecule has 1 rings (SSSR count). The van der Waals surface area contributed by atoms with Crippen molar-refractivity contribution in [3.05, 3.63) is 35.6 Å². The van der Waals surface area contributed by atoms with Crippen LogP contribution in [-0.4, -0.2) is 50.2 Å². The van der Waals surface area contributed by atoms with Gasteiger partial charge in [0, 0.05) is 18.8 Å². The average Bonchev–Trinajstić information content (AvgIpc) is 3.05. The first kappa shape index (κ1) is 35.1. The summed E-state index contributed by atoms with van der Waals surface area (Å²) in [6.07, 6.45) is 17.9. The molecule has 0 aromatic carbocycles. The normalized spacial score (nSPS) is 20.1. The minimum absolute atomic E-state index is 0.107. The van der Waals surface area contributed by atoms with E-state index in [4.69, 9.17) is 18.0 Å². The Morgan fingerprint density at radius 2 is 1.63 bits per heavy atom. The van der Waals surface area contributed by atoms with Crippen LogP contribution >= 0.6 is 0 Å². The molecule has 0 unspecified atom stereocenters. The molecule has 220 valence electrons. The van der Waals surface area contributed by atoms with E-state index in [-0.39, 0.29) is 24.1 Å². The molecule has 0 aromatic rings. The summed E-state index contributed by atoms with van der Waals surface area (Å²) in [6.45, 7) is 22.6. The molecule has 0 fully saturated rings. The van der Waals surface area contributed by atoms with Crippen LogP contribution in [0.3, 0.4) is 0 Å². The zero-order valence-electron chi connectivity index (χ0n) is 26.4. The quantitative estimate of drug-likeness (QED) is 0.0698. The number of unbranched alkanes of at least 4 members (excludes halogenated alkanes) is 3. The number of rotatable bonds is 18. The van der Waals surface area contributed by atoms with Gasteiger partial charge in [-0.15, -0.1) is 0 Å². The van der Waals surface area contributed by atoms with Crippen LogP contribution in [0.15, 0.2) is 35.6 Å². The van der Waals surface area contributed by atoms with E-state index in [1.54, 1.807) is 0 Å². The van der Waals surface area contributed by atoms with E-state index in [9.17, 15) is 4.79 Å². The van der Waals surface area contributed by atoms with Gasteiger partial charge in [-0.05, 0) is 90.2 Å². The van der Waals surface area contributed by atoms with Crippen LogP contribution in [-0.2, 0) is 22.8 Å². The zero-order chi connectivity index (χ0) is 29.0. The second-order valence-corrected chi connectivity index (χ2v) is 26.8. The van der Waals surface area contributed by atoms with Crippen LogP contribution < -0.4 is 0 Å². The van der Waals surface area contributed by atoms with E-state index in [0.29, 0.717) is 6.42 Å². The molecule has 3 atom stereocenters. The Balaban J connectivity index is 3.25. The van der Waals surface area contributed by atoms with Gasteiger partial charge in [0.25, 0.3) is 0 Å². The number of carbonyl (C=O) groups is 1. The Morgan fingerprint density at radius 3 is 2.18 bits per heavy atom. The van der Waals surface area contributed by atoms with E-state index in [2.05, 4.69) is 90.2 Å². The summed E-state index contributed by atoms with van der Waals surface area (Å²) < 4.78 is 24.8. The van der Waals surface area contributed by atoms with Gasteiger partial charge in [-0.1, -0.05) is 50.5 Å². The van der Waals surface area contributed by atoms with Gasteiger partial charge in [0.2, 0.25) is 8.32 Å². The zero-order valence-corrected chi connectivity index (χ0v) is 29.4. The monoisotopic (exact) mass is 582 g/mol. The highest BCUT2D eigenvalue weighted by Crippen LogP contribution is 2.41. The van der Waals surface area contributed by atoms with Crippen molar-refractivity contribution >= 4 is 30.9 Å². The lowest BCUT2D eigenvalue weighted by Crippen LogP contribution is -2.35. The fourth-order valence-electron chi connectivity index (χ4n) is 4.67. The molecule has 0 aliphatic heterocycles. The lowest BCUT2D eigenvalue weighted by Gasteiger charge is -2.29. The summed E-state index contributed by atoms with van der Waals surface area (Å²) in [7, 11) is -3.76. The maximum Gasteiger partial charge on any atom is 0.305 e. The van der Waals surface area contributed by atoms with Crippen LogP contribution in [0.4, 0.5) is 0 Å². The second-order valence-electron chi connectivity index (χ2n) is 13.5. The Morgan fingerprint density at radius 1 is 0.947 bits per heavy atom. The number of carbonyl (C=O) groups excluding carboxylic acids is 1. The molecular formula is C30H58O5Si3. The highest BCUT2D eigenvalue weighted by molar-refractivity contribution is 6.70. The van der Waals surface area contributed by atoms with Gasteiger partial charge in [0.1, 0.15) is 0 Å². The van der Waals surface area contributed by atoms with Gasteiger partial charge < -0.3 is 18.0 Å². The molecule has 38 heavy (non-hydrogen) atoms. The largest absolute Gasteiger partial charge is 0.547 e. The molecule has 8 heteroatoms. The highest BCUT2D eigenvalue weighted by atomic mass is 28.4. The average molecular weight is 583 g/mol. The van der Waals surface area contributed by atoms with Crippen molar-refractivity contribution in [2.75, 3.05) is 7.11 Å². The summed E-state index contributed by atoms with van der Waals surface area (Å²) >= 11 is 0. The Kier molecular flexibility index (Phi) is 15.1. The SMILES string of the molecule is CCCCC[C@@H](/C=C/[C@@H]1C(C/C=C\CCCC(=O)OC)=C(O[Si](C)(C)C)C[C@H]1O[Si](C)(C)C)O[Si](C)(C)C. The molecule has 0 saturated carbocycles. The molecule has 0 heterocycles. The van der Waals surface area contributed by atoms with Gasteiger partial charge >= 0.3 is 5.97 Å². The molecular weight excluding hydrogens is 525 g/mol. The lowest BCUT2D eigenvalue weighted by atomic mass is 9.95. The second kappa shape index (κ2) is 16.4. The van der Waals surface area contributed by atoms with E-state index in [1.165, 1.54) is 31.9 Å². The lowest BCUT2D eigenvalue weighted by molar-refractivity contribution is -0.140. The van der Waals surface area contributed by atoms with Crippen molar-refractivity contribution < 1.29 is 22.8 Å². The molecule has 0 amide bonds. The molecule has 1 aliphatic rings. The van der Waals surface area contributed by atoms with Gasteiger partial charge in [0.15, 0.2) is 16.6 Å². The topological polar surface area (TPSA) is 54.0 Å². The predicted molar refractivity (Wildman–Crippen MR) is 169 cm³/mol. The summed E-state index contributed by atoms with van der Waals surface area (Å²) in [4.78, 5) is 11.4. The van der Waals surface area contributed by atoms with Crippen LogP contribution in [0.2, 0.25) is 58.9 Å². The Labute approximate surface area is 237 Å². The van der Waals surface area contributed by atoms with E-state index < -0.39 is 25.0 Å². The third-order valence-corrected chi connectivity index (χ3v) is 8.97. The smallest absolute Gasteiger partial charge is 0.305 e. The number of allylic oxidation sites excluding steroid dienone is 2. The maximum absolute atomic E-state index is 11.4. The van der Waals surface area contributed by atoms with Crippen molar-refractivity contribution in [3.8, 4) is 0 Å². The number of hydrogen-bond acceptors (Lipinski definition) is 5. The predicted octanol–water partition coefficient (Wildman–Crippen LogP) is 8.98. The minimum atomic E-state index is -1.78. The summed E-state index contributed by atoms with van der Waals surface area (Å²) in [5, 5.41) is 0. The van der Waals surface area contributed by atoms with E-state index in [0.717, 1.165) is 37.9 Å². The maximum atomic E-state index is 11.4. The summed E-state index contributed by atoms with van der Waals surface area (Å²) in [5.74, 6) is 1.18. The molecule has 1 aliphatic carbocycles. The van der Waals surface area contributed by atoms with Crippen molar-refractivity contribution in [2.24, 2.45) is 5.92 Å². The fourth-order valence-corrected chi connectivity index (χ4v) is 7.87. The van der Waals surface area contributed by atoms with Crippen LogP contribution in [0.5, 0.6) is 0 Å². The molecule has 0 spiro atoms. The van der Waals surface area contributed by atoms with Crippen molar-refractivity contribution in [1.82, 2.24) is 0 Å². The Bertz CT molecular complexity index is 800. The third-order valence-electron chi connectivity index (χ3n) is 6.10. The van der Waals surface area contributed by atoms with Gasteiger partial charge in [-0.2, -0.15) is 0 Å². The fraction of sp³-hybridized carbons (Fsp3) is 0.767. The first-order valence-electron chi connectivity index (χ1n) is 14.7. The molecule has 0 radical (unpaired) electrons.